The number of fused-ring (bicyclic) bond motifs is 6. The van der Waals surface area contributed by atoms with Gasteiger partial charge in [0.1, 0.15) is 11.6 Å². The number of aryl methyl sites for hydroxylation is 1. The van der Waals surface area contributed by atoms with Crippen molar-refractivity contribution in [2.75, 3.05) is 0 Å². The van der Waals surface area contributed by atoms with Gasteiger partial charge in [0.25, 0.3) is 0 Å². The van der Waals surface area contributed by atoms with E-state index in [0.717, 1.165) is 105 Å². The van der Waals surface area contributed by atoms with E-state index in [1.54, 1.807) is 0 Å². The summed E-state index contributed by atoms with van der Waals surface area (Å²) in [5.74, 6) is 4.38. The molecule has 14 aromatic carbocycles. The zero-order valence-corrected chi connectivity index (χ0v) is 60.4. The minimum Gasteiger partial charge on any atom is -0.309 e. The van der Waals surface area contributed by atoms with Crippen LogP contribution in [0.1, 0.15) is 5.56 Å². The van der Waals surface area contributed by atoms with Gasteiger partial charge in [-0.05, 0) is 110 Å². The summed E-state index contributed by atoms with van der Waals surface area (Å²) in [4.78, 5) is 61.7. The molecule has 0 aliphatic heterocycles. The third kappa shape index (κ3) is 12.5. The molecule has 0 bridgehead atoms. The Morgan fingerprint density at radius 2 is 0.398 bits per heavy atom. The van der Waals surface area contributed by atoms with Crippen LogP contribution in [0.15, 0.2) is 346 Å². The molecule has 0 unspecified atom stereocenters. The van der Waals surface area contributed by atoms with Crippen molar-refractivity contribution in [1.29, 1.82) is 0 Å². The number of benzene rings is 14. The van der Waals surface area contributed by atoms with Crippen LogP contribution in [0, 0.1) is 18.6 Å². The summed E-state index contributed by atoms with van der Waals surface area (Å²) >= 11 is 0. The zero-order chi connectivity index (χ0) is 75.5. The molecule has 0 atom stereocenters. The van der Waals surface area contributed by atoms with E-state index in [1.165, 1.54) is 18.2 Å². The SMILES string of the molecule is Cc1cc(-n2c3ccc(-c4nc(-c5ccccc5)nc(-c5ccccc5)n4)cc3c3cc(-c4nc(-c5ccccc5)nc(-c5ccccc5)n4)ccc32)c(-c2c(F)cccc2F)cc1-n1c2ccc(-c3nc(-c4ccccc4)nc(-c4ccccc4)n3)cc2c2cc(-c3nc(-c4ccccc4)nc(-c4ccccc4)n3)ccc21. The monoisotopic (exact) mass is 1460 g/mol. The number of hydrogen-bond acceptors (Lipinski definition) is 12. The third-order valence-corrected chi connectivity index (χ3v) is 20.4. The van der Waals surface area contributed by atoms with Gasteiger partial charge in [-0.3, -0.25) is 0 Å². The van der Waals surface area contributed by atoms with Crippen molar-refractivity contribution in [3.8, 4) is 159 Å². The highest BCUT2D eigenvalue weighted by atomic mass is 19.1. The van der Waals surface area contributed by atoms with E-state index in [9.17, 15) is 0 Å². The summed E-state index contributed by atoms with van der Waals surface area (Å²) in [6, 6.07) is 112. The van der Waals surface area contributed by atoms with E-state index >= 15 is 8.78 Å². The molecule has 0 radical (unpaired) electrons. The van der Waals surface area contributed by atoms with Crippen LogP contribution in [0.3, 0.4) is 0 Å². The van der Waals surface area contributed by atoms with Crippen molar-refractivity contribution < 1.29 is 8.78 Å². The summed E-state index contributed by atoms with van der Waals surface area (Å²) in [6.07, 6.45) is 0. The first-order valence-electron chi connectivity index (χ1n) is 37.0. The molecule has 0 aliphatic carbocycles. The van der Waals surface area contributed by atoms with Gasteiger partial charge >= 0.3 is 0 Å². The van der Waals surface area contributed by atoms with Gasteiger partial charge in [0.2, 0.25) is 0 Å². The molecule has 0 spiro atoms. The maximum Gasteiger partial charge on any atom is 0.164 e. The maximum atomic E-state index is 17.6. The van der Waals surface area contributed by atoms with Crippen molar-refractivity contribution in [3.05, 3.63) is 363 Å². The second-order valence-corrected chi connectivity index (χ2v) is 27.5. The first-order valence-corrected chi connectivity index (χ1v) is 37.0. The fraction of sp³-hybridized carbons (Fsp3) is 0.0103. The van der Waals surface area contributed by atoms with Gasteiger partial charge in [-0.15, -0.1) is 0 Å². The Balaban J connectivity index is 0.831. The van der Waals surface area contributed by atoms with Gasteiger partial charge < -0.3 is 9.13 Å². The standard InChI is InChI=1S/C97H60F2N14/c1-59-53-84(113-81-51-47-70(96-108-90(64-35-18-6-19-36-64)102-91(109-96)65-37-20-7-21-38-65)56-74(81)75-57-71(48-52-82(75)113)97-110-92(66-39-22-8-23-40-66)103-93(111-97)67-41-24-9-25-42-67)76(85-77(98)43-26-44-78(85)99)58-83(59)112-79-49-45-68(94-104-86(60-27-10-2-11-28-60)100-87(105-94)61-29-12-3-13-30-61)54-72(79)73-55-69(46-50-80(73)112)95-106-88(62-31-14-4-15-32-62)101-89(107-95)63-33-16-5-17-34-63/h2-58H,1H3. The van der Waals surface area contributed by atoms with Gasteiger partial charge in [-0.2, -0.15) is 0 Å². The summed E-state index contributed by atoms with van der Waals surface area (Å²) in [7, 11) is 0. The molecular weight excluding hydrogens is 1400 g/mol. The Morgan fingerprint density at radius 1 is 0.195 bits per heavy atom. The highest BCUT2D eigenvalue weighted by Crippen LogP contribution is 2.45. The van der Waals surface area contributed by atoms with Gasteiger partial charge in [-0.1, -0.05) is 249 Å². The average Bonchev–Trinajstić information content (AvgIpc) is 1.57. The Morgan fingerprint density at radius 3 is 0.619 bits per heavy atom. The predicted molar refractivity (Wildman–Crippen MR) is 444 cm³/mol. The van der Waals surface area contributed by atoms with E-state index in [0.29, 0.717) is 92.4 Å². The molecule has 0 N–H and O–H groups in total. The van der Waals surface area contributed by atoms with Crippen molar-refractivity contribution in [2.45, 2.75) is 6.92 Å². The van der Waals surface area contributed by atoms with Crippen LogP contribution in [0.5, 0.6) is 0 Å². The van der Waals surface area contributed by atoms with Crippen molar-refractivity contribution >= 4 is 43.6 Å². The molecule has 0 amide bonds. The third-order valence-electron chi connectivity index (χ3n) is 20.4. The molecule has 0 saturated carbocycles. The molecule has 0 saturated heterocycles. The predicted octanol–water partition coefficient (Wildman–Crippen LogP) is 22.9. The molecule has 20 rings (SSSR count). The first kappa shape index (κ1) is 67.0. The van der Waals surface area contributed by atoms with Crippen molar-refractivity contribution in [1.82, 2.24) is 68.9 Å². The van der Waals surface area contributed by atoms with E-state index in [2.05, 4.69) is 45.5 Å². The Hall–Kier alpha value is -15.4. The van der Waals surface area contributed by atoms with Gasteiger partial charge in [0.15, 0.2) is 69.9 Å². The first-order chi connectivity index (χ1) is 55.7. The van der Waals surface area contributed by atoms with Crippen molar-refractivity contribution in [3.63, 3.8) is 0 Å². The van der Waals surface area contributed by atoms with Crippen LogP contribution in [-0.4, -0.2) is 68.9 Å². The Labute approximate surface area is 646 Å². The molecule has 6 heterocycles. The number of aromatic nitrogens is 14. The lowest BCUT2D eigenvalue weighted by Crippen LogP contribution is -2.05. The molecule has 113 heavy (non-hydrogen) atoms. The Kier molecular flexibility index (Phi) is 16.8. The number of rotatable bonds is 15. The maximum absolute atomic E-state index is 17.6. The lowest BCUT2D eigenvalue weighted by atomic mass is 9.98. The number of nitrogens with zero attached hydrogens (tertiary/aromatic N) is 14. The smallest absolute Gasteiger partial charge is 0.164 e. The molecule has 532 valence electrons. The summed E-state index contributed by atoms with van der Waals surface area (Å²) in [5, 5.41) is 3.23. The van der Waals surface area contributed by atoms with E-state index in [1.807, 2.05) is 298 Å². The Bertz CT molecular complexity index is 6440. The molecule has 16 heteroatoms. The van der Waals surface area contributed by atoms with Gasteiger partial charge in [-0.25, -0.2) is 68.6 Å². The molecule has 6 aromatic heterocycles. The molecule has 0 fully saturated rings. The average molecular weight is 1460 g/mol. The van der Waals surface area contributed by atoms with E-state index in [4.69, 9.17) is 59.8 Å². The minimum absolute atomic E-state index is 0.215. The van der Waals surface area contributed by atoms with Crippen LogP contribution in [0.4, 0.5) is 8.78 Å². The fourth-order valence-corrected chi connectivity index (χ4v) is 14.9. The van der Waals surface area contributed by atoms with Gasteiger partial charge in [0.05, 0.1) is 33.3 Å². The normalized spacial score (nSPS) is 11.5. The summed E-state index contributed by atoms with van der Waals surface area (Å²) in [6.45, 7) is 2.04. The lowest BCUT2D eigenvalue weighted by Gasteiger charge is -2.20. The molecule has 14 nitrogen and oxygen atoms in total. The summed E-state index contributed by atoms with van der Waals surface area (Å²) in [5.41, 5.74) is 14.5. The highest BCUT2D eigenvalue weighted by Gasteiger charge is 2.27. The number of hydrogen-bond donors (Lipinski definition) is 0. The van der Waals surface area contributed by atoms with Crippen molar-refractivity contribution in [2.24, 2.45) is 0 Å². The fourth-order valence-electron chi connectivity index (χ4n) is 14.9. The molecular formula is C97H60F2N14. The second-order valence-electron chi connectivity index (χ2n) is 27.5. The van der Waals surface area contributed by atoms with E-state index < -0.39 is 11.6 Å². The molecule has 0 aliphatic rings. The van der Waals surface area contributed by atoms with Crippen LogP contribution < -0.4 is 0 Å². The lowest BCUT2D eigenvalue weighted by molar-refractivity contribution is 0.589. The van der Waals surface area contributed by atoms with E-state index in [-0.39, 0.29) is 11.1 Å². The largest absolute Gasteiger partial charge is 0.309 e. The second kappa shape index (κ2) is 28.3. The summed E-state index contributed by atoms with van der Waals surface area (Å²) < 4.78 is 39.5. The zero-order valence-electron chi connectivity index (χ0n) is 60.4. The molecule has 20 aromatic rings. The topological polar surface area (TPSA) is 165 Å². The minimum atomic E-state index is -0.747. The van der Waals surface area contributed by atoms with Crippen LogP contribution in [0.25, 0.3) is 203 Å². The highest BCUT2D eigenvalue weighted by molar-refractivity contribution is 6.14. The number of halogens is 2. The quantitative estimate of drug-likeness (QED) is 0.0955. The van der Waals surface area contributed by atoms with Crippen LogP contribution >= 0.6 is 0 Å². The van der Waals surface area contributed by atoms with Crippen LogP contribution in [-0.2, 0) is 0 Å². The van der Waals surface area contributed by atoms with Crippen LogP contribution in [0.2, 0.25) is 0 Å². The van der Waals surface area contributed by atoms with Gasteiger partial charge in [0, 0.05) is 99.6 Å².